The number of anilines is 1. The van der Waals surface area contributed by atoms with Gasteiger partial charge in [0.05, 0.1) is 18.3 Å². The number of phenols is 1. The second-order valence-electron chi connectivity index (χ2n) is 9.24. The van der Waals surface area contributed by atoms with Gasteiger partial charge in [0, 0.05) is 23.2 Å². The van der Waals surface area contributed by atoms with Gasteiger partial charge in [0.2, 0.25) is 5.91 Å². The van der Waals surface area contributed by atoms with E-state index in [-0.39, 0.29) is 23.6 Å². The summed E-state index contributed by atoms with van der Waals surface area (Å²) < 4.78 is 5.63. The van der Waals surface area contributed by atoms with Crippen LogP contribution in [0.2, 0.25) is 0 Å². The number of benzene rings is 3. The molecule has 5 rings (SSSR count). The van der Waals surface area contributed by atoms with Gasteiger partial charge in [-0.05, 0) is 73.0 Å². The molecule has 1 aliphatic rings. The lowest BCUT2D eigenvalue weighted by Gasteiger charge is -2.33. The molecule has 1 atom stereocenters. The summed E-state index contributed by atoms with van der Waals surface area (Å²) >= 11 is 0. The molecule has 1 heterocycles. The van der Waals surface area contributed by atoms with Crippen LogP contribution in [-0.4, -0.2) is 35.1 Å². The van der Waals surface area contributed by atoms with Gasteiger partial charge in [0.1, 0.15) is 17.5 Å². The van der Waals surface area contributed by atoms with E-state index < -0.39 is 6.04 Å². The molecule has 0 radical (unpaired) electrons. The molecule has 1 aliphatic carbocycles. The number of amides is 2. The minimum atomic E-state index is -0.970. The third-order valence-electron chi connectivity index (χ3n) is 6.83. The van der Waals surface area contributed by atoms with Crippen LogP contribution in [0.25, 0.3) is 10.9 Å². The SMILES string of the molecule is COc1ccccc1N(C(=O)c1ccc(O)cc1)[C@@H](C(=O)NC1CCCC1)c1ccc2ncccc2c1. The fraction of sp³-hybridized carbons (Fsp3) is 0.233. The van der Waals surface area contributed by atoms with Crippen LogP contribution >= 0.6 is 0 Å². The van der Waals surface area contributed by atoms with Gasteiger partial charge in [-0.2, -0.15) is 0 Å². The van der Waals surface area contributed by atoms with E-state index in [1.807, 2.05) is 42.5 Å². The summed E-state index contributed by atoms with van der Waals surface area (Å²) in [5, 5.41) is 13.9. The number of rotatable bonds is 7. The van der Waals surface area contributed by atoms with Crippen molar-refractivity contribution in [2.24, 2.45) is 0 Å². The number of aromatic nitrogens is 1. The fourth-order valence-electron chi connectivity index (χ4n) is 4.97. The Morgan fingerprint density at radius 3 is 2.51 bits per heavy atom. The summed E-state index contributed by atoms with van der Waals surface area (Å²) in [6, 6.07) is 21.7. The van der Waals surface area contributed by atoms with E-state index >= 15 is 0 Å². The van der Waals surface area contributed by atoms with Crippen LogP contribution in [-0.2, 0) is 4.79 Å². The van der Waals surface area contributed by atoms with Crippen molar-refractivity contribution in [1.29, 1.82) is 0 Å². The number of phenolic OH excluding ortho intramolecular Hbond substituents is 1. The number of aromatic hydroxyl groups is 1. The average molecular weight is 496 g/mol. The molecule has 2 N–H and O–H groups in total. The van der Waals surface area contributed by atoms with Crippen molar-refractivity contribution in [3.63, 3.8) is 0 Å². The van der Waals surface area contributed by atoms with Crippen LogP contribution in [0.3, 0.4) is 0 Å². The number of methoxy groups -OCH3 is 1. The van der Waals surface area contributed by atoms with Gasteiger partial charge in [-0.3, -0.25) is 19.5 Å². The second-order valence-corrected chi connectivity index (χ2v) is 9.24. The summed E-state index contributed by atoms with van der Waals surface area (Å²) in [5.41, 5.74) is 2.27. The molecule has 3 aromatic carbocycles. The topological polar surface area (TPSA) is 91.8 Å². The Labute approximate surface area is 215 Å². The molecule has 0 unspecified atom stereocenters. The molecule has 0 aliphatic heterocycles. The van der Waals surface area contributed by atoms with Crippen molar-refractivity contribution in [3.8, 4) is 11.5 Å². The monoisotopic (exact) mass is 495 g/mol. The summed E-state index contributed by atoms with van der Waals surface area (Å²) in [4.78, 5) is 34.1. The number of carbonyl (C=O) groups is 2. The van der Waals surface area contributed by atoms with Gasteiger partial charge in [0.25, 0.3) is 5.91 Å². The maximum absolute atomic E-state index is 14.1. The molecule has 7 nitrogen and oxygen atoms in total. The highest BCUT2D eigenvalue weighted by Gasteiger charge is 2.36. The Morgan fingerprint density at radius 2 is 1.76 bits per heavy atom. The third kappa shape index (κ3) is 5.11. The Morgan fingerprint density at radius 1 is 1.00 bits per heavy atom. The van der Waals surface area contributed by atoms with Gasteiger partial charge >= 0.3 is 0 Å². The molecule has 1 aromatic heterocycles. The van der Waals surface area contributed by atoms with Crippen molar-refractivity contribution < 1.29 is 19.4 Å². The zero-order chi connectivity index (χ0) is 25.8. The summed E-state index contributed by atoms with van der Waals surface area (Å²) in [6.07, 6.45) is 5.70. The number of carbonyl (C=O) groups excluding carboxylic acids is 2. The highest BCUT2D eigenvalue weighted by molar-refractivity contribution is 6.11. The van der Waals surface area contributed by atoms with Crippen molar-refractivity contribution in [2.45, 2.75) is 37.8 Å². The van der Waals surface area contributed by atoms with Crippen molar-refractivity contribution >= 4 is 28.4 Å². The first-order valence-corrected chi connectivity index (χ1v) is 12.5. The Bertz CT molecular complexity index is 1410. The van der Waals surface area contributed by atoms with Crippen molar-refractivity contribution in [3.05, 3.63) is 96.2 Å². The van der Waals surface area contributed by atoms with Crippen LogP contribution in [0, 0.1) is 0 Å². The van der Waals surface area contributed by atoms with Gasteiger partial charge in [-0.15, -0.1) is 0 Å². The van der Waals surface area contributed by atoms with Gasteiger partial charge in [0.15, 0.2) is 0 Å². The molecule has 4 aromatic rings. The van der Waals surface area contributed by atoms with E-state index in [1.54, 1.807) is 30.5 Å². The molecule has 0 saturated heterocycles. The number of ether oxygens (including phenoxy) is 1. The minimum absolute atomic E-state index is 0.0537. The number of hydrogen-bond acceptors (Lipinski definition) is 5. The zero-order valence-corrected chi connectivity index (χ0v) is 20.6. The van der Waals surface area contributed by atoms with E-state index in [0.717, 1.165) is 36.6 Å². The molecule has 0 bridgehead atoms. The molecular formula is C30H29N3O4. The first-order chi connectivity index (χ1) is 18.0. The van der Waals surface area contributed by atoms with Crippen LogP contribution in [0.4, 0.5) is 5.69 Å². The van der Waals surface area contributed by atoms with Crippen LogP contribution in [0.1, 0.15) is 47.6 Å². The quantitative estimate of drug-likeness (QED) is 0.358. The van der Waals surface area contributed by atoms with Crippen molar-refractivity contribution in [2.75, 3.05) is 12.0 Å². The average Bonchev–Trinajstić information content (AvgIpc) is 3.44. The molecule has 188 valence electrons. The summed E-state index contributed by atoms with van der Waals surface area (Å²) in [7, 11) is 1.54. The molecule has 1 saturated carbocycles. The van der Waals surface area contributed by atoms with Gasteiger partial charge in [-0.25, -0.2) is 0 Å². The fourth-order valence-corrected chi connectivity index (χ4v) is 4.97. The molecule has 2 amide bonds. The maximum Gasteiger partial charge on any atom is 0.259 e. The number of nitrogens with one attached hydrogen (secondary N) is 1. The predicted octanol–water partition coefficient (Wildman–Crippen LogP) is 5.40. The largest absolute Gasteiger partial charge is 0.508 e. The zero-order valence-electron chi connectivity index (χ0n) is 20.6. The van der Waals surface area contributed by atoms with E-state index in [9.17, 15) is 14.7 Å². The second kappa shape index (κ2) is 10.7. The van der Waals surface area contributed by atoms with Gasteiger partial charge < -0.3 is 15.2 Å². The van der Waals surface area contributed by atoms with Crippen LogP contribution in [0.15, 0.2) is 85.1 Å². The highest BCUT2D eigenvalue weighted by atomic mass is 16.5. The first kappa shape index (κ1) is 24.3. The lowest BCUT2D eigenvalue weighted by molar-refractivity contribution is -0.123. The normalized spacial score (nSPS) is 14.3. The highest BCUT2D eigenvalue weighted by Crippen LogP contribution is 2.37. The van der Waals surface area contributed by atoms with E-state index in [2.05, 4.69) is 10.3 Å². The number of para-hydroxylation sites is 2. The first-order valence-electron chi connectivity index (χ1n) is 12.5. The third-order valence-corrected chi connectivity index (χ3v) is 6.83. The minimum Gasteiger partial charge on any atom is -0.508 e. The molecule has 0 spiro atoms. The van der Waals surface area contributed by atoms with Crippen LogP contribution in [0.5, 0.6) is 11.5 Å². The molecule has 37 heavy (non-hydrogen) atoms. The number of nitrogens with zero attached hydrogens (tertiary/aromatic N) is 2. The maximum atomic E-state index is 14.1. The predicted molar refractivity (Wildman–Crippen MR) is 143 cm³/mol. The standard InChI is InChI=1S/C30H29N3O4/c1-37-27-11-5-4-10-26(27)33(30(36)20-12-15-24(34)16-13-20)28(29(35)32-23-8-2-3-9-23)22-14-17-25-21(19-22)7-6-18-31-25/h4-7,10-19,23,28,34H,2-3,8-9H2,1H3,(H,32,35)/t28-/m1/s1. The molecule has 1 fully saturated rings. The summed E-state index contributed by atoms with van der Waals surface area (Å²) in [6.45, 7) is 0. The summed E-state index contributed by atoms with van der Waals surface area (Å²) in [5.74, 6) is -0.121. The van der Waals surface area contributed by atoms with E-state index in [0.29, 0.717) is 22.6 Å². The van der Waals surface area contributed by atoms with Crippen LogP contribution < -0.4 is 15.0 Å². The number of hydrogen-bond donors (Lipinski definition) is 2. The lowest BCUT2D eigenvalue weighted by atomic mass is 9.99. The van der Waals surface area contributed by atoms with E-state index in [4.69, 9.17) is 4.74 Å². The number of fused-ring (bicyclic) bond motifs is 1. The van der Waals surface area contributed by atoms with Crippen molar-refractivity contribution in [1.82, 2.24) is 10.3 Å². The Kier molecular flexibility index (Phi) is 7.03. The number of pyridine rings is 1. The lowest BCUT2D eigenvalue weighted by Crippen LogP contribution is -2.46. The Balaban J connectivity index is 1.68. The van der Waals surface area contributed by atoms with E-state index in [1.165, 1.54) is 24.1 Å². The smallest absolute Gasteiger partial charge is 0.259 e. The van der Waals surface area contributed by atoms with Gasteiger partial charge in [-0.1, -0.05) is 37.1 Å². The molecular weight excluding hydrogens is 466 g/mol. The Hall–Kier alpha value is -4.39. The molecule has 7 heteroatoms.